The van der Waals surface area contributed by atoms with Crippen LogP contribution in [0.3, 0.4) is 0 Å². The minimum absolute atomic E-state index is 0.0942. The Kier molecular flexibility index (Phi) is 5.46. The summed E-state index contributed by atoms with van der Waals surface area (Å²) < 4.78 is 0. The van der Waals surface area contributed by atoms with Crippen molar-refractivity contribution in [3.05, 3.63) is 70.4 Å². The molecule has 0 fully saturated rings. The van der Waals surface area contributed by atoms with E-state index >= 15 is 0 Å². The molecule has 0 spiro atoms. The van der Waals surface area contributed by atoms with Crippen molar-refractivity contribution in [3.63, 3.8) is 0 Å². The number of fused-ring (bicyclic) bond motifs is 1. The van der Waals surface area contributed by atoms with Gasteiger partial charge < -0.3 is 10.4 Å². The number of nitrogens with one attached hydrogen (secondary N) is 1. The van der Waals surface area contributed by atoms with Crippen LogP contribution in [0.15, 0.2) is 60.0 Å². The topological polar surface area (TPSA) is 66.4 Å². The summed E-state index contributed by atoms with van der Waals surface area (Å²) in [6.07, 6.45) is 0.682. The lowest BCUT2D eigenvalue weighted by Crippen LogP contribution is -2.38. The lowest BCUT2D eigenvalue weighted by atomic mass is 10.00. The van der Waals surface area contributed by atoms with E-state index in [1.54, 1.807) is 0 Å². The van der Waals surface area contributed by atoms with E-state index in [2.05, 4.69) is 11.4 Å². The fourth-order valence-corrected chi connectivity index (χ4v) is 3.59. The Morgan fingerprint density at radius 1 is 1.04 bits per heavy atom. The molecule has 5 heteroatoms. The van der Waals surface area contributed by atoms with Crippen LogP contribution in [0.25, 0.3) is 10.8 Å². The molecule has 0 aliphatic rings. The highest BCUT2D eigenvalue weighted by atomic mass is 32.1. The number of carboxylic acids is 1. The zero-order valence-electron chi connectivity index (χ0n) is 13.6. The van der Waals surface area contributed by atoms with Crippen LogP contribution in [0.2, 0.25) is 0 Å². The van der Waals surface area contributed by atoms with Crippen molar-refractivity contribution < 1.29 is 14.7 Å². The van der Waals surface area contributed by atoms with Crippen LogP contribution in [0, 0.1) is 0 Å². The molecule has 1 heterocycles. The average Bonchev–Trinajstić information content (AvgIpc) is 3.06. The minimum atomic E-state index is -0.915. The molecule has 0 unspecified atom stereocenters. The summed E-state index contributed by atoms with van der Waals surface area (Å²) in [6.45, 7) is 0. The van der Waals surface area contributed by atoms with Crippen LogP contribution in [-0.4, -0.2) is 23.0 Å². The van der Waals surface area contributed by atoms with Crippen molar-refractivity contribution >= 4 is 34.0 Å². The molecule has 4 nitrogen and oxygen atoms in total. The van der Waals surface area contributed by atoms with Crippen molar-refractivity contribution in [2.75, 3.05) is 0 Å². The van der Waals surface area contributed by atoms with Gasteiger partial charge >= 0.3 is 5.97 Å². The first kappa shape index (κ1) is 17.2. The molecule has 1 amide bonds. The Labute approximate surface area is 150 Å². The molecule has 3 aromatic rings. The highest BCUT2D eigenvalue weighted by Gasteiger charge is 2.17. The molecular weight excluding hydrogens is 334 g/mol. The van der Waals surface area contributed by atoms with E-state index in [1.165, 1.54) is 11.3 Å². The first-order chi connectivity index (χ1) is 12.1. The van der Waals surface area contributed by atoms with Gasteiger partial charge in [0.25, 0.3) is 0 Å². The SMILES string of the molecule is O=C(O)C[C@@H](Cc1ccc2ccccc2c1)NC(=O)Cc1cccs1. The van der Waals surface area contributed by atoms with Crippen LogP contribution >= 0.6 is 11.3 Å². The molecule has 0 aliphatic carbocycles. The largest absolute Gasteiger partial charge is 0.481 e. The number of rotatable bonds is 7. The molecule has 2 N–H and O–H groups in total. The van der Waals surface area contributed by atoms with Crippen LogP contribution in [-0.2, 0) is 22.4 Å². The fourth-order valence-electron chi connectivity index (χ4n) is 2.89. The van der Waals surface area contributed by atoms with E-state index in [9.17, 15) is 9.59 Å². The number of amides is 1. The predicted octanol–water partition coefficient (Wildman–Crippen LogP) is 3.65. The second kappa shape index (κ2) is 7.94. The number of benzene rings is 2. The molecule has 0 bridgehead atoms. The number of hydrogen-bond donors (Lipinski definition) is 2. The second-order valence-electron chi connectivity index (χ2n) is 6.00. The van der Waals surface area contributed by atoms with Crippen LogP contribution in [0.5, 0.6) is 0 Å². The maximum absolute atomic E-state index is 12.2. The van der Waals surface area contributed by atoms with Crippen LogP contribution in [0.4, 0.5) is 0 Å². The molecule has 1 atom stereocenters. The highest BCUT2D eigenvalue weighted by Crippen LogP contribution is 2.17. The fraction of sp³-hybridized carbons (Fsp3) is 0.200. The molecule has 0 aliphatic heterocycles. The van der Waals surface area contributed by atoms with Gasteiger partial charge in [0.05, 0.1) is 12.8 Å². The quantitative estimate of drug-likeness (QED) is 0.681. The van der Waals surface area contributed by atoms with Crippen LogP contribution in [0.1, 0.15) is 16.9 Å². The van der Waals surface area contributed by atoms with Gasteiger partial charge in [0.2, 0.25) is 5.91 Å². The van der Waals surface area contributed by atoms with Gasteiger partial charge in [-0.05, 0) is 34.2 Å². The second-order valence-corrected chi connectivity index (χ2v) is 7.04. The summed E-state index contributed by atoms with van der Waals surface area (Å²) in [4.78, 5) is 24.3. The molecule has 25 heavy (non-hydrogen) atoms. The maximum Gasteiger partial charge on any atom is 0.305 e. The third kappa shape index (κ3) is 4.90. The van der Waals surface area contributed by atoms with E-state index in [-0.39, 0.29) is 18.7 Å². The Hall–Kier alpha value is -2.66. The smallest absolute Gasteiger partial charge is 0.305 e. The van der Waals surface area contributed by atoms with Gasteiger partial charge in [0.15, 0.2) is 0 Å². The lowest BCUT2D eigenvalue weighted by Gasteiger charge is -2.17. The summed E-state index contributed by atoms with van der Waals surface area (Å²) in [7, 11) is 0. The van der Waals surface area contributed by atoms with Gasteiger partial charge in [-0.3, -0.25) is 9.59 Å². The summed E-state index contributed by atoms with van der Waals surface area (Å²) >= 11 is 1.52. The zero-order chi connectivity index (χ0) is 17.6. The molecule has 128 valence electrons. The van der Waals surface area contributed by atoms with Gasteiger partial charge in [-0.2, -0.15) is 0 Å². The normalized spacial score (nSPS) is 12.0. The monoisotopic (exact) mass is 353 g/mol. The van der Waals surface area contributed by atoms with Gasteiger partial charge in [-0.25, -0.2) is 0 Å². The van der Waals surface area contributed by atoms with E-state index in [0.29, 0.717) is 6.42 Å². The van der Waals surface area contributed by atoms with E-state index in [1.807, 2.05) is 53.9 Å². The van der Waals surface area contributed by atoms with Crippen molar-refractivity contribution in [3.8, 4) is 0 Å². The van der Waals surface area contributed by atoms with Crippen molar-refractivity contribution in [2.24, 2.45) is 0 Å². The van der Waals surface area contributed by atoms with Crippen molar-refractivity contribution in [1.29, 1.82) is 0 Å². The molecular formula is C20H19NO3S. The number of hydrogen-bond acceptors (Lipinski definition) is 3. The van der Waals surface area contributed by atoms with E-state index in [4.69, 9.17) is 5.11 Å². The third-order valence-corrected chi connectivity index (χ3v) is 4.87. The Balaban J connectivity index is 1.70. The van der Waals surface area contributed by atoms with Crippen LogP contribution < -0.4 is 5.32 Å². The predicted molar refractivity (Wildman–Crippen MR) is 99.9 cm³/mol. The van der Waals surface area contributed by atoms with E-state index in [0.717, 1.165) is 21.2 Å². The molecule has 0 saturated heterocycles. The first-order valence-electron chi connectivity index (χ1n) is 8.11. The standard InChI is InChI=1S/C20H19NO3S/c22-19(13-18-6-3-9-25-18)21-17(12-20(23)24)11-14-7-8-15-4-1-2-5-16(15)10-14/h1-10,17H,11-13H2,(H,21,22)(H,23,24)/t17-/m1/s1. The Morgan fingerprint density at radius 3 is 2.56 bits per heavy atom. The molecule has 2 aromatic carbocycles. The zero-order valence-corrected chi connectivity index (χ0v) is 14.5. The number of carboxylic acid groups (broad SMARTS) is 1. The molecule has 0 radical (unpaired) electrons. The minimum Gasteiger partial charge on any atom is -0.481 e. The third-order valence-electron chi connectivity index (χ3n) is 4.00. The number of carbonyl (C=O) groups is 2. The molecule has 1 aromatic heterocycles. The van der Waals surface area contributed by atoms with Crippen molar-refractivity contribution in [1.82, 2.24) is 5.32 Å². The average molecular weight is 353 g/mol. The summed E-state index contributed by atoms with van der Waals surface area (Å²) in [5.74, 6) is -1.06. The van der Waals surface area contributed by atoms with Gasteiger partial charge in [0.1, 0.15) is 0 Å². The molecule has 3 rings (SSSR count). The van der Waals surface area contributed by atoms with Gasteiger partial charge in [0, 0.05) is 10.9 Å². The van der Waals surface area contributed by atoms with Crippen molar-refractivity contribution in [2.45, 2.75) is 25.3 Å². The maximum atomic E-state index is 12.2. The summed E-state index contributed by atoms with van der Waals surface area (Å²) in [6, 6.07) is 17.5. The highest BCUT2D eigenvalue weighted by molar-refractivity contribution is 7.10. The molecule has 0 saturated carbocycles. The Morgan fingerprint density at radius 2 is 1.84 bits per heavy atom. The lowest BCUT2D eigenvalue weighted by molar-refractivity contribution is -0.137. The Bertz CT molecular complexity index is 874. The first-order valence-corrected chi connectivity index (χ1v) is 8.99. The number of carbonyl (C=O) groups excluding carboxylic acids is 1. The number of thiophene rings is 1. The van der Waals surface area contributed by atoms with Gasteiger partial charge in [-0.15, -0.1) is 11.3 Å². The van der Waals surface area contributed by atoms with E-state index < -0.39 is 12.0 Å². The summed E-state index contributed by atoms with van der Waals surface area (Å²) in [5, 5.41) is 16.2. The summed E-state index contributed by atoms with van der Waals surface area (Å²) in [5.41, 5.74) is 1.02. The number of aliphatic carboxylic acids is 1. The van der Waals surface area contributed by atoms with Gasteiger partial charge in [-0.1, -0.05) is 48.5 Å².